The summed E-state index contributed by atoms with van der Waals surface area (Å²) in [5.41, 5.74) is 0.760. The van der Waals surface area contributed by atoms with E-state index in [9.17, 15) is 9.18 Å². The van der Waals surface area contributed by atoms with Gasteiger partial charge in [-0.2, -0.15) is 0 Å². The van der Waals surface area contributed by atoms with Crippen LogP contribution in [0.25, 0.3) is 0 Å². The molecule has 0 radical (unpaired) electrons. The molecule has 0 saturated heterocycles. The van der Waals surface area contributed by atoms with Gasteiger partial charge in [0.1, 0.15) is 5.82 Å². The molecule has 0 heterocycles. The molecule has 2 rings (SSSR count). The van der Waals surface area contributed by atoms with Crippen molar-refractivity contribution in [1.29, 1.82) is 0 Å². The summed E-state index contributed by atoms with van der Waals surface area (Å²) in [5, 5.41) is 2.64. The van der Waals surface area contributed by atoms with Crippen LogP contribution in [0.15, 0.2) is 40.9 Å². The number of methoxy groups -OCH3 is 1. The lowest BCUT2D eigenvalue weighted by atomic mass is 10.1. The average Bonchev–Trinajstić information content (AvgIpc) is 2.47. The lowest BCUT2D eigenvalue weighted by molar-refractivity contribution is 0.102. The van der Waals surface area contributed by atoms with Crippen LogP contribution in [0.5, 0.6) is 11.5 Å². The van der Waals surface area contributed by atoms with Crippen molar-refractivity contribution < 1.29 is 18.7 Å². The first-order valence-corrected chi connectivity index (χ1v) is 7.41. The van der Waals surface area contributed by atoms with Gasteiger partial charge in [0.2, 0.25) is 0 Å². The molecule has 2 aromatic carbocycles. The number of rotatable bonds is 5. The van der Waals surface area contributed by atoms with Gasteiger partial charge < -0.3 is 14.8 Å². The van der Waals surface area contributed by atoms with Gasteiger partial charge in [-0.3, -0.25) is 4.79 Å². The van der Waals surface area contributed by atoms with E-state index >= 15 is 0 Å². The van der Waals surface area contributed by atoms with E-state index in [4.69, 9.17) is 9.47 Å². The second-order valence-corrected chi connectivity index (χ2v) is 5.24. The first-order valence-electron chi connectivity index (χ1n) is 6.62. The molecule has 0 saturated carbocycles. The van der Waals surface area contributed by atoms with E-state index in [1.165, 1.54) is 25.3 Å². The molecule has 0 aliphatic carbocycles. The SMILES string of the molecule is CCOc1cc(C(=O)Nc2cccc(F)c2)cc(Br)c1OC. The summed E-state index contributed by atoms with van der Waals surface area (Å²) in [5.74, 6) is 0.201. The van der Waals surface area contributed by atoms with Crippen molar-refractivity contribution in [2.45, 2.75) is 6.92 Å². The molecular formula is C16H15BrFNO3. The maximum atomic E-state index is 13.2. The Kier molecular flexibility index (Phi) is 5.38. The fourth-order valence-electron chi connectivity index (χ4n) is 1.93. The molecule has 0 aliphatic heterocycles. The van der Waals surface area contributed by atoms with Crippen molar-refractivity contribution in [1.82, 2.24) is 0 Å². The predicted molar refractivity (Wildman–Crippen MR) is 86.2 cm³/mol. The van der Waals surface area contributed by atoms with Crippen LogP contribution in [0.1, 0.15) is 17.3 Å². The van der Waals surface area contributed by atoms with E-state index < -0.39 is 5.82 Å². The van der Waals surface area contributed by atoms with E-state index in [0.29, 0.717) is 33.8 Å². The Morgan fingerprint density at radius 2 is 2.09 bits per heavy atom. The van der Waals surface area contributed by atoms with Crippen molar-refractivity contribution in [2.24, 2.45) is 0 Å². The summed E-state index contributed by atoms with van der Waals surface area (Å²) < 4.78 is 24.5. The minimum atomic E-state index is -0.413. The van der Waals surface area contributed by atoms with Gasteiger partial charge in [-0.1, -0.05) is 6.07 Å². The van der Waals surface area contributed by atoms with Crippen LogP contribution in [0.2, 0.25) is 0 Å². The van der Waals surface area contributed by atoms with Gasteiger partial charge in [0.15, 0.2) is 11.5 Å². The third-order valence-electron chi connectivity index (χ3n) is 2.86. The van der Waals surface area contributed by atoms with Gasteiger partial charge in [-0.25, -0.2) is 4.39 Å². The zero-order valence-electron chi connectivity index (χ0n) is 12.2. The first-order chi connectivity index (χ1) is 10.5. The number of carbonyl (C=O) groups excluding carboxylic acids is 1. The van der Waals surface area contributed by atoms with E-state index in [-0.39, 0.29) is 5.91 Å². The standard InChI is InChI=1S/C16H15BrFNO3/c1-3-22-14-8-10(7-13(17)15(14)21-2)16(20)19-12-6-4-5-11(18)9-12/h4-9H,3H2,1-2H3,(H,19,20). The summed E-state index contributed by atoms with van der Waals surface area (Å²) in [4.78, 5) is 12.3. The van der Waals surface area contributed by atoms with Gasteiger partial charge in [-0.15, -0.1) is 0 Å². The van der Waals surface area contributed by atoms with Crippen molar-refractivity contribution in [2.75, 3.05) is 19.0 Å². The highest BCUT2D eigenvalue weighted by atomic mass is 79.9. The largest absolute Gasteiger partial charge is 0.492 e. The zero-order chi connectivity index (χ0) is 16.1. The van der Waals surface area contributed by atoms with E-state index in [2.05, 4.69) is 21.2 Å². The molecule has 0 spiro atoms. The number of ether oxygens (including phenoxy) is 2. The molecule has 6 heteroatoms. The minimum absolute atomic E-state index is 0.366. The van der Waals surface area contributed by atoms with Crippen molar-refractivity contribution in [3.63, 3.8) is 0 Å². The first kappa shape index (κ1) is 16.3. The molecule has 116 valence electrons. The number of amides is 1. The summed E-state index contributed by atoms with van der Waals surface area (Å²) in [6.07, 6.45) is 0. The monoisotopic (exact) mass is 367 g/mol. The van der Waals surface area contributed by atoms with Crippen LogP contribution >= 0.6 is 15.9 Å². The molecule has 1 amide bonds. The summed E-state index contributed by atoms with van der Waals surface area (Å²) in [6.45, 7) is 2.28. The molecule has 0 fully saturated rings. The third-order valence-corrected chi connectivity index (χ3v) is 3.45. The van der Waals surface area contributed by atoms with Gasteiger partial charge >= 0.3 is 0 Å². The van der Waals surface area contributed by atoms with Crippen molar-refractivity contribution in [3.05, 3.63) is 52.3 Å². The highest BCUT2D eigenvalue weighted by Gasteiger charge is 2.15. The number of hydrogen-bond acceptors (Lipinski definition) is 3. The third kappa shape index (κ3) is 3.76. The van der Waals surface area contributed by atoms with Crippen LogP contribution in [0.4, 0.5) is 10.1 Å². The quantitative estimate of drug-likeness (QED) is 0.859. The normalized spacial score (nSPS) is 10.2. The Bertz CT molecular complexity index is 691. The number of halogens is 2. The van der Waals surface area contributed by atoms with Gasteiger partial charge in [0, 0.05) is 11.3 Å². The fourth-order valence-corrected chi connectivity index (χ4v) is 2.53. The Balaban J connectivity index is 2.29. The highest BCUT2D eigenvalue weighted by Crippen LogP contribution is 2.36. The van der Waals surface area contributed by atoms with Crippen LogP contribution < -0.4 is 14.8 Å². The Hall–Kier alpha value is -2.08. The number of anilines is 1. The van der Waals surface area contributed by atoms with E-state index in [1.54, 1.807) is 18.2 Å². The van der Waals surface area contributed by atoms with E-state index in [1.807, 2.05) is 6.92 Å². The smallest absolute Gasteiger partial charge is 0.255 e. The molecule has 2 aromatic rings. The van der Waals surface area contributed by atoms with Gasteiger partial charge in [-0.05, 0) is 53.2 Å². The highest BCUT2D eigenvalue weighted by molar-refractivity contribution is 9.10. The van der Waals surface area contributed by atoms with Gasteiger partial charge in [0.25, 0.3) is 5.91 Å². The van der Waals surface area contributed by atoms with Crippen LogP contribution in [-0.2, 0) is 0 Å². The summed E-state index contributed by atoms with van der Waals surface area (Å²) in [6, 6.07) is 8.91. The second-order valence-electron chi connectivity index (χ2n) is 4.39. The Labute approximate surface area is 136 Å². The Morgan fingerprint density at radius 1 is 1.32 bits per heavy atom. The lowest BCUT2D eigenvalue weighted by Gasteiger charge is -2.13. The molecule has 0 aromatic heterocycles. The molecule has 4 nitrogen and oxygen atoms in total. The maximum absolute atomic E-state index is 13.2. The fraction of sp³-hybridized carbons (Fsp3) is 0.188. The second kappa shape index (κ2) is 7.26. The molecule has 0 unspecified atom stereocenters. The molecular weight excluding hydrogens is 353 g/mol. The maximum Gasteiger partial charge on any atom is 0.255 e. The lowest BCUT2D eigenvalue weighted by Crippen LogP contribution is -2.12. The summed E-state index contributed by atoms with van der Waals surface area (Å²) in [7, 11) is 1.52. The molecule has 0 atom stereocenters. The Morgan fingerprint density at radius 3 is 2.73 bits per heavy atom. The van der Waals surface area contributed by atoms with Crippen molar-refractivity contribution in [3.8, 4) is 11.5 Å². The van der Waals surface area contributed by atoms with Crippen molar-refractivity contribution >= 4 is 27.5 Å². The van der Waals surface area contributed by atoms with Crippen LogP contribution in [-0.4, -0.2) is 19.6 Å². The number of carbonyl (C=O) groups is 1. The predicted octanol–water partition coefficient (Wildman–Crippen LogP) is 4.25. The average molecular weight is 368 g/mol. The van der Waals surface area contributed by atoms with Crippen LogP contribution in [0.3, 0.4) is 0 Å². The zero-order valence-corrected chi connectivity index (χ0v) is 13.7. The number of hydrogen-bond donors (Lipinski definition) is 1. The topological polar surface area (TPSA) is 47.6 Å². The minimum Gasteiger partial charge on any atom is -0.492 e. The molecule has 0 bridgehead atoms. The summed E-state index contributed by atoms with van der Waals surface area (Å²) >= 11 is 3.35. The van der Waals surface area contributed by atoms with Crippen LogP contribution in [0, 0.1) is 5.82 Å². The molecule has 1 N–H and O–H groups in total. The van der Waals surface area contributed by atoms with Gasteiger partial charge in [0.05, 0.1) is 18.2 Å². The van der Waals surface area contributed by atoms with E-state index in [0.717, 1.165) is 0 Å². The molecule has 0 aliphatic rings. The number of benzene rings is 2. The number of nitrogens with one attached hydrogen (secondary N) is 1. The molecule has 22 heavy (non-hydrogen) atoms.